The first-order valence-corrected chi connectivity index (χ1v) is 11.9. The van der Waals surface area contributed by atoms with E-state index in [1.807, 2.05) is 50.2 Å². The smallest absolute Gasteiger partial charge is 0.325 e. The summed E-state index contributed by atoms with van der Waals surface area (Å²) < 4.78 is 1.72. The van der Waals surface area contributed by atoms with Crippen LogP contribution < -0.4 is 16.0 Å². The lowest BCUT2D eigenvalue weighted by Crippen LogP contribution is -2.70. The van der Waals surface area contributed by atoms with E-state index in [9.17, 15) is 14.4 Å². The minimum atomic E-state index is -0.979. The van der Waals surface area contributed by atoms with Crippen molar-refractivity contribution in [2.24, 2.45) is 13.0 Å². The van der Waals surface area contributed by atoms with Crippen LogP contribution in [0.1, 0.15) is 36.2 Å². The lowest BCUT2D eigenvalue weighted by molar-refractivity contribution is -0.156. The number of nitrogens with zero attached hydrogens (tertiary/aromatic N) is 5. The van der Waals surface area contributed by atoms with Crippen molar-refractivity contribution in [3.05, 3.63) is 71.8 Å². The van der Waals surface area contributed by atoms with Gasteiger partial charge in [0, 0.05) is 26.0 Å². The average Bonchev–Trinajstić information content (AvgIpc) is 3.29. The summed E-state index contributed by atoms with van der Waals surface area (Å²) in [5, 5.41) is 2.93. The van der Waals surface area contributed by atoms with Crippen LogP contribution >= 0.6 is 0 Å². The van der Waals surface area contributed by atoms with Gasteiger partial charge in [0.2, 0.25) is 5.91 Å². The van der Waals surface area contributed by atoms with Crippen molar-refractivity contribution in [1.82, 2.24) is 24.8 Å². The van der Waals surface area contributed by atoms with Crippen LogP contribution in [0, 0.1) is 12.8 Å². The van der Waals surface area contributed by atoms with Gasteiger partial charge in [-0.1, -0.05) is 37.3 Å². The largest absolute Gasteiger partial charge is 0.384 e. The number of anilines is 2. The number of nitrogens with two attached hydrogens (primary N) is 1. The van der Waals surface area contributed by atoms with Crippen molar-refractivity contribution < 1.29 is 14.4 Å². The summed E-state index contributed by atoms with van der Waals surface area (Å²) in [6.45, 7) is 3.76. The molecule has 1 fully saturated rings. The topological polar surface area (TPSA) is 126 Å². The molecule has 0 saturated carbocycles. The van der Waals surface area contributed by atoms with Gasteiger partial charge >= 0.3 is 6.03 Å². The van der Waals surface area contributed by atoms with Gasteiger partial charge in [-0.25, -0.2) is 14.8 Å². The number of carbonyl (C=O) groups is 3. The molecule has 10 nitrogen and oxygen atoms in total. The van der Waals surface area contributed by atoms with Crippen LogP contribution in [-0.2, 0) is 23.1 Å². The van der Waals surface area contributed by atoms with Crippen molar-refractivity contribution in [1.29, 1.82) is 0 Å². The molecule has 188 valence electrons. The highest BCUT2D eigenvalue weighted by atomic mass is 16.2. The number of β-lactam (4-membered cyclic amide) rings is 1. The van der Waals surface area contributed by atoms with Crippen LogP contribution in [0.3, 0.4) is 0 Å². The molecule has 4 amide bonds. The first-order chi connectivity index (χ1) is 17.2. The van der Waals surface area contributed by atoms with Gasteiger partial charge in [0.15, 0.2) is 5.82 Å². The van der Waals surface area contributed by atoms with Gasteiger partial charge in [-0.2, -0.15) is 0 Å². The number of aromatic nitrogens is 3. The summed E-state index contributed by atoms with van der Waals surface area (Å²) in [5.41, 5.74) is 8.32. The number of aryl methyl sites for hydroxylation is 2. The molecule has 0 aliphatic carbocycles. The van der Waals surface area contributed by atoms with Gasteiger partial charge in [0.25, 0.3) is 5.91 Å². The van der Waals surface area contributed by atoms with E-state index in [4.69, 9.17) is 5.73 Å². The zero-order valence-corrected chi connectivity index (χ0v) is 20.9. The third-order valence-electron chi connectivity index (χ3n) is 6.45. The van der Waals surface area contributed by atoms with Crippen molar-refractivity contribution >= 4 is 29.5 Å². The van der Waals surface area contributed by atoms with Gasteiger partial charge in [0.05, 0.1) is 18.3 Å². The molecule has 10 heteroatoms. The summed E-state index contributed by atoms with van der Waals surface area (Å²) in [4.78, 5) is 51.1. The number of imidazole rings is 1. The number of likely N-dealkylation sites (tertiary alicyclic amines) is 1. The Balaban J connectivity index is 1.61. The Hall–Kier alpha value is -4.21. The molecule has 3 N–H and O–H groups in total. The molecule has 1 aliphatic heterocycles. The number of benzene rings is 1. The molecule has 3 heterocycles. The molecule has 0 spiro atoms. The number of imide groups is 1. The minimum absolute atomic E-state index is 0.262. The minimum Gasteiger partial charge on any atom is -0.384 e. The number of urea groups is 1. The fourth-order valence-electron chi connectivity index (χ4n) is 4.60. The first kappa shape index (κ1) is 24.9. The predicted octanol–water partition coefficient (Wildman–Crippen LogP) is 2.60. The molecule has 1 aliphatic rings. The Labute approximate surface area is 210 Å². The van der Waals surface area contributed by atoms with E-state index in [-0.39, 0.29) is 18.4 Å². The van der Waals surface area contributed by atoms with Gasteiger partial charge in [-0.15, -0.1) is 0 Å². The zero-order valence-electron chi connectivity index (χ0n) is 20.9. The highest BCUT2D eigenvalue weighted by Gasteiger charge is 2.55. The normalized spacial score (nSPS) is 17.9. The van der Waals surface area contributed by atoms with E-state index in [0.29, 0.717) is 23.8 Å². The molecule has 36 heavy (non-hydrogen) atoms. The fraction of sp³-hybridized carbons (Fsp3) is 0.346. The summed E-state index contributed by atoms with van der Waals surface area (Å²) in [5.74, 6) is -0.738. The van der Waals surface area contributed by atoms with Crippen LogP contribution in [0.15, 0.2) is 55.0 Å². The SMILES string of the molecule is CC[C@@H](NC(=O)N1C(=O)[C@H](Cc2cc(C)nc(N)c2)[C@H]1C(=O)N(C)c1cn(C)cn1)c1ccccc1. The molecule has 1 aromatic carbocycles. The molecule has 3 atom stereocenters. The average molecular weight is 490 g/mol. The first-order valence-electron chi connectivity index (χ1n) is 11.9. The number of pyridine rings is 1. The third kappa shape index (κ3) is 4.93. The molecule has 2 aromatic heterocycles. The van der Waals surface area contributed by atoms with Crippen molar-refractivity contribution in [3.63, 3.8) is 0 Å². The van der Waals surface area contributed by atoms with E-state index >= 15 is 0 Å². The molecule has 1 saturated heterocycles. The van der Waals surface area contributed by atoms with Crippen LogP contribution in [0.25, 0.3) is 0 Å². The number of rotatable bonds is 7. The standard InChI is InChI=1S/C26H31N7O3/c1-5-20(18-9-7-6-8-10-18)30-26(36)33-23(25(35)32(4)22-14-31(3)15-28-22)19(24(33)34)12-17-11-16(2)29-21(27)13-17/h6-11,13-15,19-20,23H,5,12H2,1-4H3,(H2,27,29)(H,30,36)/t19-,20-,23+/m1/s1. The van der Waals surface area contributed by atoms with Crippen LogP contribution in [-0.4, -0.2) is 50.4 Å². The van der Waals surface area contributed by atoms with Crippen molar-refractivity contribution in [2.75, 3.05) is 17.7 Å². The number of likely N-dealkylation sites (N-methyl/N-ethyl adjacent to an activating group) is 1. The second-order valence-electron chi connectivity index (χ2n) is 9.12. The van der Waals surface area contributed by atoms with E-state index in [0.717, 1.165) is 16.0 Å². The molecule has 0 bridgehead atoms. The van der Waals surface area contributed by atoms with E-state index in [2.05, 4.69) is 15.3 Å². The van der Waals surface area contributed by atoms with Gasteiger partial charge in [0.1, 0.15) is 11.9 Å². The summed E-state index contributed by atoms with van der Waals surface area (Å²) in [6.07, 6.45) is 4.18. The lowest BCUT2D eigenvalue weighted by atomic mass is 9.81. The second-order valence-corrected chi connectivity index (χ2v) is 9.12. The molecule has 4 rings (SSSR count). The Morgan fingerprint density at radius 2 is 1.94 bits per heavy atom. The molecule has 0 radical (unpaired) electrons. The van der Waals surface area contributed by atoms with Crippen LogP contribution in [0.2, 0.25) is 0 Å². The quantitative estimate of drug-likeness (QED) is 0.491. The molecular weight excluding hydrogens is 458 g/mol. The number of hydrogen-bond donors (Lipinski definition) is 2. The summed E-state index contributed by atoms with van der Waals surface area (Å²) in [7, 11) is 3.39. The zero-order chi connectivity index (χ0) is 26.0. The van der Waals surface area contributed by atoms with Gasteiger partial charge in [-0.05, 0) is 43.0 Å². The van der Waals surface area contributed by atoms with E-state index in [1.54, 1.807) is 37.3 Å². The van der Waals surface area contributed by atoms with E-state index in [1.165, 1.54) is 4.90 Å². The Kier molecular flexibility index (Phi) is 7.05. The molecule has 3 aromatic rings. The van der Waals surface area contributed by atoms with E-state index < -0.39 is 23.9 Å². The Bertz CT molecular complexity index is 1250. The predicted molar refractivity (Wildman–Crippen MR) is 136 cm³/mol. The number of carbonyl (C=O) groups excluding carboxylic acids is 3. The van der Waals surface area contributed by atoms with Gasteiger partial charge in [-0.3, -0.25) is 19.4 Å². The lowest BCUT2D eigenvalue weighted by Gasteiger charge is -2.45. The van der Waals surface area contributed by atoms with Crippen molar-refractivity contribution in [3.8, 4) is 0 Å². The van der Waals surface area contributed by atoms with Crippen LogP contribution in [0.5, 0.6) is 0 Å². The number of amides is 4. The summed E-state index contributed by atoms with van der Waals surface area (Å²) >= 11 is 0. The fourth-order valence-corrected chi connectivity index (χ4v) is 4.60. The van der Waals surface area contributed by atoms with Gasteiger partial charge < -0.3 is 15.6 Å². The third-order valence-corrected chi connectivity index (χ3v) is 6.45. The number of hydrogen-bond acceptors (Lipinski definition) is 6. The maximum atomic E-state index is 13.6. The van der Waals surface area contributed by atoms with Crippen molar-refractivity contribution in [2.45, 2.75) is 38.8 Å². The Morgan fingerprint density at radius 1 is 1.22 bits per heavy atom. The highest BCUT2D eigenvalue weighted by Crippen LogP contribution is 2.33. The monoisotopic (exact) mass is 489 g/mol. The summed E-state index contributed by atoms with van der Waals surface area (Å²) in [6, 6.07) is 11.2. The highest BCUT2D eigenvalue weighted by molar-refractivity contribution is 6.12. The maximum Gasteiger partial charge on any atom is 0.325 e. The molecule has 0 unspecified atom stereocenters. The second kappa shape index (κ2) is 10.2. The number of nitrogen functional groups attached to an aromatic ring is 1. The molecular formula is C26H31N7O3. The van der Waals surface area contributed by atoms with Crippen LogP contribution in [0.4, 0.5) is 16.4 Å². The number of nitrogens with one attached hydrogen (secondary N) is 1. The Morgan fingerprint density at radius 3 is 2.56 bits per heavy atom. The maximum absolute atomic E-state index is 13.6.